The second-order valence-electron chi connectivity index (χ2n) is 5.92. The summed E-state index contributed by atoms with van der Waals surface area (Å²) < 4.78 is 0. The van der Waals surface area contributed by atoms with Gasteiger partial charge in [0, 0.05) is 19.1 Å². The fourth-order valence-corrected chi connectivity index (χ4v) is 3.68. The highest BCUT2D eigenvalue weighted by Gasteiger charge is 2.37. The summed E-state index contributed by atoms with van der Waals surface area (Å²) >= 11 is 0. The summed E-state index contributed by atoms with van der Waals surface area (Å²) in [4.78, 5) is 17.2. The van der Waals surface area contributed by atoms with Gasteiger partial charge in [0.05, 0.1) is 6.04 Å². The highest BCUT2D eigenvalue weighted by atomic mass is 16.2. The maximum absolute atomic E-state index is 12.7. The topological polar surface area (TPSA) is 35.6 Å². The van der Waals surface area contributed by atoms with Crippen molar-refractivity contribution in [2.45, 2.75) is 44.2 Å². The Morgan fingerprint density at radius 3 is 2.68 bits per heavy atom. The highest BCUT2D eigenvalue weighted by Crippen LogP contribution is 2.26. The molecule has 1 atom stereocenters. The molecule has 3 aliphatic rings. The standard InChI is InChI=1S/C15H25N3O/c19-15(17-10-2-1-3-11-17)14-5-4-12-18(14)13-6-8-16-9-7-13/h1-2,13-14,16H,3-12H2. The van der Waals surface area contributed by atoms with Crippen LogP contribution < -0.4 is 5.32 Å². The molecule has 0 spiro atoms. The van der Waals surface area contributed by atoms with Crippen molar-refractivity contribution in [3.63, 3.8) is 0 Å². The Morgan fingerprint density at radius 1 is 1.11 bits per heavy atom. The van der Waals surface area contributed by atoms with Crippen molar-refractivity contribution in [3.8, 4) is 0 Å². The van der Waals surface area contributed by atoms with Gasteiger partial charge in [-0.1, -0.05) is 12.2 Å². The minimum atomic E-state index is 0.162. The van der Waals surface area contributed by atoms with Crippen LogP contribution in [0.1, 0.15) is 32.1 Å². The fourth-order valence-electron chi connectivity index (χ4n) is 3.68. The van der Waals surface area contributed by atoms with Crippen LogP contribution in [0.25, 0.3) is 0 Å². The molecule has 0 aromatic heterocycles. The van der Waals surface area contributed by atoms with Crippen molar-refractivity contribution >= 4 is 5.91 Å². The van der Waals surface area contributed by atoms with Crippen molar-refractivity contribution in [3.05, 3.63) is 12.2 Å². The molecule has 19 heavy (non-hydrogen) atoms. The zero-order chi connectivity index (χ0) is 13.1. The molecule has 0 aromatic carbocycles. The van der Waals surface area contributed by atoms with E-state index in [2.05, 4.69) is 22.4 Å². The molecule has 106 valence electrons. The average Bonchev–Trinajstić information content (AvgIpc) is 2.98. The van der Waals surface area contributed by atoms with E-state index in [0.717, 1.165) is 45.6 Å². The lowest BCUT2D eigenvalue weighted by Gasteiger charge is -2.37. The summed E-state index contributed by atoms with van der Waals surface area (Å²) in [6, 6.07) is 0.785. The van der Waals surface area contributed by atoms with E-state index in [1.807, 2.05) is 4.90 Å². The molecule has 0 aromatic rings. The molecular formula is C15H25N3O. The minimum absolute atomic E-state index is 0.162. The maximum atomic E-state index is 12.7. The lowest BCUT2D eigenvalue weighted by Crippen LogP contribution is -2.52. The maximum Gasteiger partial charge on any atom is 0.240 e. The average molecular weight is 263 g/mol. The third kappa shape index (κ3) is 2.84. The van der Waals surface area contributed by atoms with Crippen LogP contribution in [-0.2, 0) is 4.79 Å². The summed E-state index contributed by atoms with van der Waals surface area (Å²) in [5.74, 6) is 0.375. The van der Waals surface area contributed by atoms with E-state index in [9.17, 15) is 4.79 Å². The number of hydrogen-bond donors (Lipinski definition) is 1. The molecule has 1 N–H and O–H groups in total. The van der Waals surface area contributed by atoms with Gasteiger partial charge < -0.3 is 10.2 Å². The molecule has 2 fully saturated rings. The van der Waals surface area contributed by atoms with Crippen molar-refractivity contribution in [1.82, 2.24) is 15.1 Å². The number of carbonyl (C=O) groups excluding carboxylic acids is 1. The third-order valence-electron chi connectivity index (χ3n) is 4.73. The Morgan fingerprint density at radius 2 is 1.95 bits per heavy atom. The van der Waals surface area contributed by atoms with E-state index >= 15 is 0 Å². The van der Waals surface area contributed by atoms with Gasteiger partial charge in [0.15, 0.2) is 0 Å². The number of likely N-dealkylation sites (tertiary alicyclic amines) is 1. The summed E-state index contributed by atoms with van der Waals surface area (Å²) in [6.45, 7) is 5.05. The van der Waals surface area contributed by atoms with E-state index < -0.39 is 0 Å². The quantitative estimate of drug-likeness (QED) is 0.755. The predicted molar refractivity (Wildman–Crippen MR) is 76.0 cm³/mol. The number of rotatable bonds is 2. The van der Waals surface area contributed by atoms with Gasteiger partial charge in [-0.25, -0.2) is 0 Å². The monoisotopic (exact) mass is 263 g/mol. The summed E-state index contributed by atoms with van der Waals surface area (Å²) in [5, 5.41) is 3.41. The Bertz CT molecular complexity index is 349. The first-order valence-corrected chi connectivity index (χ1v) is 7.76. The van der Waals surface area contributed by atoms with E-state index in [4.69, 9.17) is 0 Å². The SMILES string of the molecule is O=C(C1CCCN1C1CCNCC1)N1CC=CCC1. The molecule has 3 aliphatic heterocycles. The number of carbonyl (C=O) groups is 1. The Kier molecular flexibility index (Phi) is 4.18. The first-order valence-electron chi connectivity index (χ1n) is 7.76. The second-order valence-corrected chi connectivity index (χ2v) is 5.92. The van der Waals surface area contributed by atoms with Gasteiger partial charge in [-0.15, -0.1) is 0 Å². The van der Waals surface area contributed by atoms with E-state index in [1.165, 1.54) is 19.3 Å². The molecule has 0 aliphatic carbocycles. The molecule has 4 heteroatoms. The molecule has 0 saturated carbocycles. The first-order chi connectivity index (χ1) is 9.36. The smallest absolute Gasteiger partial charge is 0.240 e. The van der Waals surface area contributed by atoms with Crippen LogP contribution in [0, 0.1) is 0 Å². The molecule has 4 nitrogen and oxygen atoms in total. The third-order valence-corrected chi connectivity index (χ3v) is 4.73. The molecule has 3 rings (SSSR count). The van der Waals surface area contributed by atoms with Gasteiger partial charge in [0.1, 0.15) is 0 Å². The largest absolute Gasteiger partial charge is 0.337 e. The zero-order valence-corrected chi connectivity index (χ0v) is 11.7. The normalized spacial score (nSPS) is 29.9. The Balaban J connectivity index is 1.64. The summed E-state index contributed by atoms with van der Waals surface area (Å²) in [5.41, 5.74) is 0. The predicted octanol–water partition coefficient (Wildman–Crippen LogP) is 0.991. The number of nitrogens with zero attached hydrogens (tertiary/aromatic N) is 2. The molecule has 0 bridgehead atoms. The zero-order valence-electron chi connectivity index (χ0n) is 11.7. The molecular weight excluding hydrogens is 238 g/mol. The van der Waals surface area contributed by atoms with Crippen LogP contribution in [-0.4, -0.2) is 60.5 Å². The number of amides is 1. The molecule has 0 radical (unpaired) electrons. The van der Waals surface area contributed by atoms with Gasteiger partial charge in [-0.05, 0) is 51.7 Å². The van der Waals surface area contributed by atoms with Crippen LogP contribution in [0.2, 0.25) is 0 Å². The number of piperidine rings is 1. The van der Waals surface area contributed by atoms with Crippen molar-refractivity contribution in [1.29, 1.82) is 0 Å². The van der Waals surface area contributed by atoms with Crippen molar-refractivity contribution in [2.75, 3.05) is 32.7 Å². The van der Waals surface area contributed by atoms with Gasteiger partial charge >= 0.3 is 0 Å². The Labute approximate surface area is 115 Å². The second kappa shape index (κ2) is 6.06. The lowest BCUT2D eigenvalue weighted by atomic mass is 10.0. The van der Waals surface area contributed by atoms with Gasteiger partial charge in [0.25, 0.3) is 0 Å². The molecule has 1 unspecified atom stereocenters. The van der Waals surface area contributed by atoms with Crippen LogP contribution in [0.5, 0.6) is 0 Å². The van der Waals surface area contributed by atoms with E-state index in [0.29, 0.717) is 11.9 Å². The van der Waals surface area contributed by atoms with Gasteiger partial charge in [0.2, 0.25) is 5.91 Å². The fraction of sp³-hybridized carbons (Fsp3) is 0.800. The molecule has 3 heterocycles. The van der Waals surface area contributed by atoms with Crippen LogP contribution >= 0.6 is 0 Å². The Hall–Kier alpha value is -0.870. The first kappa shape index (κ1) is 13.1. The molecule has 2 saturated heterocycles. The summed E-state index contributed by atoms with van der Waals surface area (Å²) in [7, 11) is 0. The van der Waals surface area contributed by atoms with Crippen LogP contribution in [0.3, 0.4) is 0 Å². The van der Waals surface area contributed by atoms with Crippen LogP contribution in [0.15, 0.2) is 12.2 Å². The summed E-state index contributed by atoms with van der Waals surface area (Å²) in [6.07, 6.45) is 9.97. The lowest BCUT2D eigenvalue weighted by molar-refractivity contribution is -0.136. The van der Waals surface area contributed by atoms with E-state index in [1.54, 1.807) is 0 Å². The highest BCUT2D eigenvalue weighted by molar-refractivity contribution is 5.82. The number of nitrogens with one attached hydrogen (secondary N) is 1. The van der Waals surface area contributed by atoms with Crippen molar-refractivity contribution < 1.29 is 4.79 Å². The van der Waals surface area contributed by atoms with Gasteiger partial charge in [-0.2, -0.15) is 0 Å². The minimum Gasteiger partial charge on any atom is -0.337 e. The number of hydrogen-bond acceptors (Lipinski definition) is 3. The van der Waals surface area contributed by atoms with Crippen molar-refractivity contribution in [2.24, 2.45) is 0 Å². The van der Waals surface area contributed by atoms with E-state index in [-0.39, 0.29) is 6.04 Å². The molecule has 1 amide bonds. The van der Waals surface area contributed by atoms with Crippen LogP contribution in [0.4, 0.5) is 0 Å². The van der Waals surface area contributed by atoms with Gasteiger partial charge in [-0.3, -0.25) is 9.69 Å².